The fourth-order valence-corrected chi connectivity index (χ4v) is 3.23. The summed E-state index contributed by atoms with van der Waals surface area (Å²) in [5.41, 5.74) is 0.614. The number of hydrogen-bond donors (Lipinski definition) is 0. The molecular weight excluding hydrogens is 459 g/mol. The van der Waals surface area contributed by atoms with Gasteiger partial charge in [0.25, 0.3) is 0 Å². The first-order valence-electron chi connectivity index (χ1n) is 7.83. The van der Waals surface area contributed by atoms with Gasteiger partial charge in [0.2, 0.25) is 0 Å². The highest BCUT2D eigenvalue weighted by Crippen LogP contribution is 2.30. The first kappa shape index (κ1) is 23.7. The molecule has 0 aliphatic carbocycles. The molecule has 0 radical (unpaired) electrons. The molecule has 0 amide bonds. The van der Waals surface area contributed by atoms with Crippen molar-refractivity contribution < 1.29 is 9.13 Å². The maximum absolute atomic E-state index is 13.9. The van der Waals surface area contributed by atoms with Crippen molar-refractivity contribution in [3.05, 3.63) is 39.6 Å². The maximum atomic E-state index is 13.9. The summed E-state index contributed by atoms with van der Waals surface area (Å²) in [6, 6.07) is 6.11. The number of benzene rings is 1. The van der Waals surface area contributed by atoms with Gasteiger partial charge in [-0.1, -0.05) is 11.6 Å². The lowest BCUT2D eigenvalue weighted by atomic mass is 10.1. The standard InChI is InChI=1S/C16H17BrClFN2OS.C2H6S/c1-16(2,3)22-6-7-23-15-12(17)9-14(20-21-15)11-8-10(18)4-5-13(11)19;1-3-2/h4-5,8-9H,6-7H2,1-3H3;1-2H3. The maximum Gasteiger partial charge on any atom is 0.133 e. The molecule has 0 saturated heterocycles. The van der Waals surface area contributed by atoms with Crippen LogP contribution >= 0.6 is 51.1 Å². The van der Waals surface area contributed by atoms with Gasteiger partial charge in [0, 0.05) is 16.3 Å². The minimum Gasteiger partial charge on any atom is -0.375 e. The Balaban J connectivity index is 0.00000105. The van der Waals surface area contributed by atoms with Crippen LogP contribution in [0.25, 0.3) is 11.3 Å². The van der Waals surface area contributed by atoms with Crippen LogP contribution in [0.4, 0.5) is 4.39 Å². The SMILES string of the molecule is CC(C)(C)OCCSc1nnc(-c2cc(Cl)ccc2F)cc1Br.CSC. The van der Waals surface area contributed by atoms with Crippen molar-refractivity contribution in [3.8, 4) is 11.3 Å². The molecular formula is C18H23BrClFN2OS2. The summed E-state index contributed by atoms with van der Waals surface area (Å²) >= 11 is 12.7. The zero-order chi connectivity index (χ0) is 19.7. The Labute approximate surface area is 177 Å². The second-order valence-corrected chi connectivity index (χ2v) is 9.42. The van der Waals surface area contributed by atoms with Gasteiger partial charge in [0.15, 0.2) is 0 Å². The molecule has 0 aliphatic heterocycles. The fourth-order valence-electron chi connectivity index (χ4n) is 1.77. The monoisotopic (exact) mass is 480 g/mol. The Morgan fingerprint density at radius 2 is 1.85 bits per heavy atom. The van der Waals surface area contributed by atoms with Crippen LogP contribution in [-0.4, -0.2) is 40.7 Å². The fraction of sp³-hybridized carbons (Fsp3) is 0.444. The molecule has 26 heavy (non-hydrogen) atoms. The number of thioether (sulfide) groups is 2. The van der Waals surface area contributed by atoms with Crippen molar-refractivity contribution >= 4 is 51.1 Å². The number of rotatable bonds is 5. The Kier molecular flexibility index (Phi) is 10.5. The normalized spacial score (nSPS) is 11.1. The van der Waals surface area contributed by atoms with Crippen molar-refractivity contribution in [2.75, 3.05) is 24.9 Å². The van der Waals surface area contributed by atoms with E-state index in [0.717, 1.165) is 15.3 Å². The van der Waals surface area contributed by atoms with Crippen LogP contribution in [0.3, 0.4) is 0 Å². The lowest BCUT2D eigenvalue weighted by Crippen LogP contribution is -2.20. The molecule has 0 unspecified atom stereocenters. The van der Waals surface area contributed by atoms with Gasteiger partial charge >= 0.3 is 0 Å². The van der Waals surface area contributed by atoms with E-state index in [1.807, 2.05) is 33.3 Å². The van der Waals surface area contributed by atoms with E-state index < -0.39 is 0 Å². The highest BCUT2D eigenvalue weighted by atomic mass is 79.9. The summed E-state index contributed by atoms with van der Waals surface area (Å²) < 4.78 is 20.3. The molecule has 1 heterocycles. The lowest BCUT2D eigenvalue weighted by molar-refractivity contribution is 0.00694. The van der Waals surface area contributed by atoms with Crippen molar-refractivity contribution in [2.24, 2.45) is 0 Å². The highest BCUT2D eigenvalue weighted by molar-refractivity contribution is 9.10. The smallest absolute Gasteiger partial charge is 0.133 e. The zero-order valence-electron chi connectivity index (χ0n) is 15.5. The third-order valence-electron chi connectivity index (χ3n) is 2.78. The number of hydrogen-bond acceptors (Lipinski definition) is 5. The zero-order valence-corrected chi connectivity index (χ0v) is 19.5. The molecule has 1 aromatic heterocycles. The third kappa shape index (κ3) is 8.57. The van der Waals surface area contributed by atoms with Crippen LogP contribution in [0, 0.1) is 5.82 Å². The second kappa shape index (κ2) is 11.5. The number of halogens is 3. The van der Waals surface area contributed by atoms with E-state index in [4.69, 9.17) is 16.3 Å². The van der Waals surface area contributed by atoms with Gasteiger partial charge in [-0.25, -0.2) is 4.39 Å². The molecule has 8 heteroatoms. The average molecular weight is 482 g/mol. The number of aromatic nitrogens is 2. The summed E-state index contributed by atoms with van der Waals surface area (Å²) in [5.74, 6) is 0.379. The van der Waals surface area contributed by atoms with Crippen molar-refractivity contribution in [1.82, 2.24) is 10.2 Å². The van der Waals surface area contributed by atoms with Crippen LogP contribution in [0.5, 0.6) is 0 Å². The van der Waals surface area contributed by atoms with Crippen LogP contribution < -0.4 is 0 Å². The molecule has 3 nitrogen and oxygen atoms in total. The van der Waals surface area contributed by atoms with Crippen LogP contribution in [-0.2, 0) is 4.74 Å². The summed E-state index contributed by atoms with van der Waals surface area (Å²) in [6.07, 6.45) is 4.08. The minimum atomic E-state index is -0.380. The van der Waals surface area contributed by atoms with Gasteiger partial charge in [0.05, 0.1) is 22.4 Å². The molecule has 2 rings (SSSR count). The van der Waals surface area contributed by atoms with Crippen molar-refractivity contribution in [1.29, 1.82) is 0 Å². The molecule has 2 aromatic rings. The summed E-state index contributed by atoms with van der Waals surface area (Å²) in [4.78, 5) is 0. The molecule has 0 atom stereocenters. The number of ether oxygens (including phenoxy) is 1. The van der Waals surface area contributed by atoms with Gasteiger partial charge in [0.1, 0.15) is 10.8 Å². The van der Waals surface area contributed by atoms with Gasteiger partial charge < -0.3 is 4.74 Å². The number of nitrogens with zero attached hydrogens (tertiary/aromatic N) is 2. The highest BCUT2D eigenvalue weighted by Gasteiger charge is 2.13. The van der Waals surface area contributed by atoms with E-state index in [9.17, 15) is 4.39 Å². The first-order chi connectivity index (χ1) is 12.2. The Morgan fingerprint density at radius 1 is 1.19 bits per heavy atom. The predicted octanol–water partition coefficient (Wildman–Crippen LogP) is 6.59. The largest absolute Gasteiger partial charge is 0.375 e. The van der Waals surface area contributed by atoms with Crippen LogP contribution in [0.15, 0.2) is 33.8 Å². The van der Waals surface area contributed by atoms with E-state index >= 15 is 0 Å². The molecule has 0 saturated carbocycles. The van der Waals surface area contributed by atoms with E-state index in [1.54, 1.807) is 17.8 Å². The minimum absolute atomic E-state index is 0.155. The van der Waals surface area contributed by atoms with Crippen molar-refractivity contribution in [2.45, 2.75) is 31.4 Å². The van der Waals surface area contributed by atoms with Gasteiger partial charge in [-0.15, -0.1) is 22.0 Å². The van der Waals surface area contributed by atoms with E-state index in [2.05, 4.69) is 26.1 Å². The Morgan fingerprint density at radius 3 is 2.42 bits per heavy atom. The van der Waals surface area contributed by atoms with Gasteiger partial charge in [-0.2, -0.15) is 11.8 Å². The molecule has 0 aliphatic rings. The van der Waals surface area contributed by atoms with Crippen LogP contribution in [0.2, 0.25) is 5.02 Å². The Bertz CT molecular complexity index is 714. The predicted molar refractivity (Wildman–Crippen MR) is 116 cm³/mol. The van der Waals surface area contributed by atoms with E-state index in [0.29, 0.717) is 22.9 Å². The molecule has 1 aromatic carbocycles. The summed E-state index contributed by atoms with van der Waals surface area (Å²) in [7, 11) is 0. The quantitative estimate of drug-likeness (QED) is 0.356. The third-order valence-corrected chi connectivity index (χ3v) is 4.83. The molecule has 144 valence electrons. The Hall–Kier alpha value is -0.340. The van der Waals surface area contributed by atoms with Gasteiger partial charge in [-0.3, -0.25) is 0 Å². The molecule has 0 fully saturated rings. The lowest BCUT2D eigenvalue weighted by Gasteiger charge is -2.19. The molecule has 0 N–H and O–H groups in total. The average Bonchev–Trinajstić information content (AvgIpc) is 2.55. The van der Waals surface area contributed by atoms with E-state index in [-0.39, 0.29) is 11.4 Å². The van der Waals surface area contributed by atoms with Crippen molar-refractivity contribution in [3.63, 3.8) is 0 Å². The second-order valence-electron chi connectivity index (χ2n) is 6.22. The molecule has 0 bridgehead atoms. The first-order valence-corrected chi connectivity index (χ1v) is 11.6. The van der Waals surface area contributed by atoms with Gasteiger partial charge in [-0.05, 0) is 73.5 Å². The topological polar surface area (TPSA) is 35.0 Å². The summed E-state index contributed by atoms with van der Waals surface area (Å²) in [6.45, 7) is 6.66. The summed E-state index contributed by atoms with van der Waals surface area (Å²) in [5, 5.41) is 9.46. The van der Waals surface area contributed by atoms with Crippen LogP contribution in [0.1, 0.15) is 20.8 Å². The molecule has 0 spiro atoms. The van der Waals surface area contributed by atoms with E-state index in [1.165, 1.54) is 30.0 Å².